The van der Waals surface area contributed by atoms with Gasteiger partial charge in [-0.1, -0.05) is 30.3 Å². The Morgan fingerprint density at radius 3 is 1.58 bits per heavy atom. The molecule has 0 aliphatic heterocycles. The number of allylic oxidation sites excluding steroid dienone is 1. The quantitative estimate of drug-likeness (QED) is 0.191. The largest absolute Gasteiger partial charge is 0.573 e. The van der Waals surface area contributed by atoms with Crippen LogP contribution in [0.5, 0.6) is 11.5 Å². The first-order valence-electron chi connectivity index (χ1n) is 11.7. The molecule has 0 aliphatic rings. The molecule has 0 fully saturated rings. The molecule has 0 spiro atoms. The van der Waals surface area contributed by atoms with Crippen molar-refractivity contribution in [1.82, 2.24) is 0 Å². The first-order valence-corrected chi connectivity index (χ1v) is 11.7. The Morgan fingerprint density at radius 2 is 1.09 bits per heavy atom. The molecule has 0 amide bonds. The van der Waals surface area contributed by atoms with Crippen LogP contribution in [0, 0.1) is 29.1 Å². The molecule has 0 N–H and O–H groups in total. The molecule has 226 valence electrons. The zero-order valence-electron chi connectivity index (χ0n) is 21.2. The third kappa shape index (κ3) is 6.89. The van der Waals surface area contributed by atoms with E-state index in [0.29, 0.717) is 12.1 Å². The molecule has 14 heteroatoms. The van der Waals surface area contributed by atoms with Crippen LogP contribution in [0.25, 0.3) is 28.1 Å². The molecule has 43 heavy (non-hydrogen) atoms. The van der Waals surface area contributed by atoms with E-state index in [1.807, 2.05) is 0 Å². The highest BCUT2D eigenvalue weighted by atomic mass is 19.4. The molecule has 4 aromatic carbocycles. The molecule has 4 rings (SSSR count). The average Bonchev–Trinajstić information content (AvgIpc) is 2.89. The number of hydrogen-bond donors (Lipinski definition) is 0. The monoisotopic (exact) mass is 622 g/mol. The number of rotatable bonds is 7. The molecule has 0 atom stereocenters. The van der Waals surface area contributed by atoms with Gasteiger partial charge in [0.15, 0.2) is 17.5 Å². The maximum atomic E-state index is 14.8. The summed E-state index contributed by atoms with van der Waals surface area (Å²) in [5.74, 6) is -14.1. The smallest absolute Gasteiger partial charge is 0.429 e. The fourth-order valence-electron chi connectivity index (χ4n) is 3.94. The lowest BCUT2D eigenvalue weighted by Crippen LogP contribution is -2.23. The Kier molecular flexibility index (Phi) is 8.43. The normalized spacial score (nSPS) is 12.7. The Labute approximate surface area is 234 Å². The summed E-state index contributed by atoms with van der Waals surface area (Å²) in [5, 5.41) is 0. The van der Waals surface area contributed by atoms with E-state index < -0.39 is 81.4 Å². The summed E-state index contributed by atoms with van der Waals surface area (Å²) in [6, 6.07) is 7.86. The van der Waals surface area contributed by atoms with Crippen LogP contribution in [-0.4, -0.2) is 6.36 Å². The van der Waals surface area contributed by atoms with Gasteiger partial charge in [0.1, 0.15) is 29.0 Å². The zero-order chi connectivity index (χ0) is 31.9. The van der Waals surface area contributed by atoms with Crippen LogP contribution >= 0.6 is 0 Å². The van der Waals surface area contributed by atoms with E-state index in [1.165, 1.54) is 24.3 Å². The van der Waals surface area contributed by atoms with E-state index >= 15 is 0 Å². The van der Waals surface area contributed by atoms with Crippen molar-refractivity contribution in [2.45, 2.75) is 19.4 Å². The van der Waals surface area contributed by atoms with Gasteiger partial charge in [-0.3, -0.25) is 0 Å². The first-order chi connectivity index (χ1) is 20.0. The predicted molar refractivity (Wildman–Crippen MR) is 130 cm³/mol. The molecule has 0 aromatic heterocycles. The minimum Gasteiger partial charge on any atom is -0.429 e. The topological polar surface area (TPSA) is 18.5 Å². The maximum Gasteiger partial charge on any atom is 0.573 e. The summed E-state index contributed by atoms with van der Waals surface area (Å²) >= 11 is 0. The summed E-state index contributed by atoms with van der Waals surface area (Å²) in [5.41, 5.74) is -3.32. The number of benzene rings is 4. The van der Waals surface area contributed by atoms with Gasteiger partial charge in [-0.2, -0.15) is 8.78 Å². The van der Waals surface area contributed by atoms with E-state index in [4.69, 9.17) is 0 Å². The van der Waals surface area contributed by atoms with Gasteiger partial charge in [-0.15, -0.1) is 13.2 Å². The van der Waals surface area contributed by atoms with Gasteiger partial charge in [-0.25, -0.2) is 30.7 Å². The zero-order valence-corrected chi connectivity index (χ0v) is 21.2. The molecule has 0 bridgehead atoms. The number of halogens is 12. The van der Waals surface area contributed by atoms with Gasteiger partial charge in [0.05, 0.1) is 11.1 Å². The average molecular weight is 622 g/mol. The van der Waals surface area contributed by atoms with Gasteiger partial charge in [-0.05, 0) is 47.9 Å². The summed E-state index contributed by atoms with van der Waals surface area (Å²) < 4.78 is 173. The first kappa shape index (κ1) is 31.3. The molecule has 0 saturated heterocycles. The molecule has 0 heterocycles. The van der Waals surface area contributed by atoms with Crippen molar-refractivity contribution in [1.29, 1.82) is 0 Å². The Balaban J connectivity index is 1.59. The summed E-state index contributed by atoms with van der Waals surface area (Å²) in [6.45, 7) is 0.901. The van der Waals surface area contributed by atoms with Crippen molar-refractivity contribution in [2.24, 2.45) is 0 Å². The van der Waals surface area contributed by atoms with Crippen LogP contribution in [0.2, 0.25) is 0 Å². The van der Waals surface area contributed by atoms with Gasteiger partial charge in [0, 0.05) is 17.7 Å². The van der Waals surface area contributed by atoms with E-state index in [9.17, 15) is 52.7 Å². The fraction of sp³-hybridized carbons (Fsp3) is 0.103. The molecule has 0 unspecified atom stereocenters. The number of hydrogen-bond acceptors (Lipinski definition) is 2. The summed E-state index contributed by atoms with van der Waals surface area (Å²) in [6.07, 6.45) is -10.0. The Bertz CT molecular complexity index is 1660. The van der Waals surface area contributed by atoms with E-state index in [-0.39, 0.29) is 41.0 Å². The van der Waals surface area contributed by atoms with Crippen molar-refractivity contribution in [3.63, 3.8) is 0 Å². The van der Waals surface area contributed by atoms with Gasteiger partial charge < -0.3 is 9.47 Å². The maximum absolute atomic E-state index is 14.8. The molecule has 4 aromatic rings. The van der Waals surface area contributed by atoms with E-state index in [2.05, 4.69) is 9.47 Å². The third-order valence-corrected chi connectivity index (χ3v) is 5.82. The lowest BCUT2D eigenvalue weighted by molar-refractivity contribution is -0.276. The fourth-order valence-corrected chi connectivity index (χ4v) is 3.94. The minimum absolute atomic E-state index is 0.0533. The van der Waals surface area contributed by atoms with Crippen LogP contribution in [0.3, 0.4) is 0 Å². The van der Waals surface area contributed by atoms with Crippen molar-refractivity contribution in [3.8, 4) is 33.8 Å². The molecular formula is C29H14F12O2. The Hall–Kier alpha value is -4.62. The van der Waals surface area contributed by atoms with Crippen LogP contribution in [-0.2, 0) is 6.11 Å². The van der Waals surface area contributed by atoms with Crippen molar-refractivity contribution < 1.29 is 62.2 Å². The SMILES string of the molecule is CC(F)=C(F)c1ccc(-c2ccc(C(F)(F)Oc3cc(F)c(-c4cc(F)c(OC(F)(F)F)c(F)c4)c(F)c3)c(F)c2)cc1. The highest BCUT2D eigenvalue weighted by Crippen LogP contribution is 2.39. The Morgan fingerprint density at radius 1 is 0.581 bits per heavy atom. The lowest BCUT2D eigenvalue weighted by atomic mass is 10.0. The van der Waals surface area contributed by atoms with Gasteiger partial charge in [0.2, 0.25) is 5.75 Å². The molecule has 2 nitrogen and oxygen atoms in total. The minimum atomic E-state index is -5.48. The van der Waals surface area contributed by atoms with Crippen LogP contribution < -0.4 is 9.47 Å². The highest BCUT2D eigenvalue weighted by molar-refractivity contribution is 5.69. The van der Waals surface area contributed by atoms with Gasteiger partial charge in [0.25, 0.3) is 0 Å². The summed E-state index contributed by atoms with van der Waals surface area (Å²) in [4.78, 5) is 0. The highest BCUT2D eigenvalue weighted by Gasteiger charge is 2.38. The van der Waals surface area contributed by atoms with Crippen LogP contribution in [0.4, 0.5) is 52.7 Å². The lowest BCUT2D eigenvalue weighted by Gasteiger charge is -2.20. The second kappa shape index (κ2) is 11.6. The predicted octanol–water partition coefficient (Wildman–Crippen LogP) is 10.4. The molecule has 0 saturated carbocycles. The summed E-state index contributed by atoms with van der Waals surface area (Å²) in [7, 11) is 0. The third-order valence-electron chi connectivity index (χ3n) is 5.82. The van der Waals surface area contributed by atoms with E-state index in [1.54, 1.807) is 0 Å². The number of ether oxygens (including phenoxy) is 2. The second-order valence-electron chi connectivity index (χ2n) is 8.82. The standard InChI is InChI=1S/C29H14F12O2/c1-13(30)26(36)15-4-2-14(3-5-15)16-6-7-19(20(31)8-16)28(37,38)42-18-11-21(32)25(22(33)12-18)17-9-23(34)27(24(35)10-17)43-29(39,40)41/h2-12H,1H3. The molecule has 0 aliphatic carbocycles. The second-order valence-corrected chi connectivity index (χ2v) is 8.82. The molecule has 0 radical (unpaired) electrons. The van der Waals surface area contributed by atoms with Crippen molar-refractivity contribution in [3.05, 3.63) is 113 Å². The van der Waals surface area contributed by atoms with Crippen molar-refractivity contribution in [2.75, 3.05) is 0 Å². The van der Waals surface area contributed by atoms with E-state index in [0.717, 1.165) is 13.0 Å². The van der Waals surface area contributed by atoms with Gasteiger partial charge >= 0.3 is 12.5 Å². The van der Waals surface area contributed by atoms with Crippen LogP contribution in [0.15, 0.2) is 72.6 Å². The molecular weight excluding hydrogens is 608 g/mol. The van der Waals surface area contributed by atoms with Crippen molar-refractivity contribution >= 4 is 5.83 Å². The van der Waals surface area contributed by atoms with Crippen LogP contribution in [0.1, 0.15) is 18.1 Å². The number of alkyl halides is 5.